The zero-order valence-corrected chi connectivity index (χ0v) is 20.5. The van der Waals surface area contributed by atoms with Crippen LogP contribution in [0.25, 0.3) is 0 Å². The van der Waals surface area contributed by atoms with E-state index in [1.807, 2.05) is 32.0 Å². The van der Waals surface area contributed by atoms with E-state index >= 15 is 0 Å². The van der Waals surface area contributed by atoms with Gasteiger partial charge in [0.25, 0.3) is 5.09 Å². The molecular formula is C22H26FN5O7S. The molecule has 0 aliphatic rings. The Kier molecular flexibility index (Phi) is 9.99. The summed E-state index contributed by atoms with van der Waals surface area (Å²) in [6.45, 7) is 3.13. The molecule has 0 aliphatic carbocycles. The number of nitrogens with two attached hydrogens (primary N) is 2. The average Bonchev–Trinajstić information content (AvgIpc) is 2.78. The lowest BCUT2D eigenvalue weighted by Crippen LogP contribution is -2.23. The van der Waals surface area contributed by atoms with E-state index in [-0.39, 0.29) is 43.2 Å². The molecule has 2 rings (SSSR count). The van der Waals surface area contributed by atoms with Gasteiger partial charge in [0, 0.05) is 12.8 Å². The summed E-state index contributed by atoms with van der Waals surface area (Å²) in [6, 6.07) is 8.75. The number of rotatable bonds is 11. The van der Waals surface area contributed by atoms with Crippen molar-refractivity contribution in [3.8, 4) is 0 Å². The summed E-state index contributed by atoms with van der Waals surface area (Å²) in [4.78, 5) is 34.0. The van der Waals surface area contributed by atoms with Gasteiger partial charge in [0.15, 0.2) is 0 Å². The maximum atomic E-state index is 14.6. The van der Waals surface area contributed by atoms with Gasteiger partial charge >= 0.3 is 5.97 Å². The number of nitrogens with zero attached hydrogens (tertiary/aromatic N) is 3. The van der Waals surface area contributed by atoms with Crippen LogP contribution in [0.1, 0.15) is 29.5 Å². The molecule has 0 spiro atoms. The Morgan fingerprint density at radius 1 is 1.19 bits per heavy atom. The monoisotopic (exact) mass is 523 g/mol. The molecule has 0 saturated heterocycles. The van der Waals surface area contributed by atoms with Crippen molar-refractivity contribution in [1.29, 1.82) is 0 Å². The first-order valence-electron chi connectivity index (χ1n) is 10.6. The third kappa shape index (κ3) is 9.38. The molecule has 2 aromatic rings. The van der Waals surface area contributed by atoms with Crippen molar-refractivity contribution in [3.05, 3.63) is 69.0 Å². The highest BCUT2D eigenvalue weighted by Crippen LogP contribution is 2.22. The number of aryl methyl sites for hydroxylation is 2. The number of benzene rings is 2. The lowest BCUT2D eigenvalue weighted by Gasteiger charge is -2.10. The number of esters is 1. The predicted molar refractivity (Wildman–Crippen MR) is 129 cm³/mol. The highest BCUT2D eigenvalue weighted by atomic mass is 32.2. The summed E-state index contributed by atoms with van der Waals surface area (Å²) in [5, 5.41) is 14.2. The number of hydrogen-bond acceptors (Lipinski definition) is 8. The summed E-state index contributed by atoms with van der Waals surface area (Å²) in [7, 11) is -4.10. The fraction of sp³-hybridized carbons (Fsp3) is 0.318. The lowest BCUT2D eigenvalue weighted by atomic mass is 10.0. The van der Waals surface area contributed by atoms with Crippen LogP contribution in [0.3, 0.4) is 0 Å². The molecule has 0 aromatic heterocycles. The Bertz CT molecular complexity index is 1300. The lowest BCUT2D eigenvalue weighted by molar-refractivity contribution is -0.757. The molecular weight excluding hydrogens is 497 g/mol. The normalized spacial score (nSPS) is 12.3. The van der Waals surface area contributed by atoms with E-state index in [9.17, 15) is 27.7 Å². The number of sulfonamides is 1. The Labute approximate surface area is 207 Å². The standard InChI is InChI=1S/C22H26FN5O7S/c1-14-5-6-15(2)16(10-14)11-21(26-19-8-7-17(12-18(19)23)36(25,32)33)27-20(24)13-34-22(29)4-3-9-35-28(30)31/h5-8,10,12H,3-4,9,11,13H2,1-2H3,(H2,24,26,27)(H2,25,32,33). The molecule has 12 nitrogen and oxygen atoms in total. The van der Waals surface area contributed by atoms with Crippen LogP contribution < -0.4 is 10.9 Å². The largest absolute Gasteiger partial charge is 0.458 e. The smallest absolute Gasteiger partial charge is 0.306 e. The van der Waals surface area contributed by atoms with E-state index in [1.54, 1.807) is 0 Å². The topological polar surface area (TPSA) is 190 Å². The quantitative estimate of drug-likeness (QED) is 0.112. The maximum Gasteiger partial charge on any atom is 0.306 e. The molecule has 0 amide bonds. The highest BCUT2D eigenvalue weighted by Gasteiger charge is 2.13. The molecule has 0 atom stereocenters. The van der Waals surface area contributed by atoms with Gasteiger partial charge in [0.1, 0.15) is 29.8 Å². The van der Waals surface area contributed by atoms with E-state index in [0.717, 1.165) is 34.9 Å². The van der Waals surface area contributed by atoms with Gasteiger partial charge in [-0.3, -0.25) is 4.79 Å². The van der Waals surface area contributed by atoms with Crippen molar-refractivity contribution in [2.75, 3.05) is 13.2 Å². The minimum Gasteiger partial charge on any atom is -0.458 e. The van der Waals surface area contributed by atoms with Crippen LogP contribution in [0.15, 0.2) is 51.3 Å². The Morgan fingerprint density at radius 2 is 1.92 bits per heavy atom. The Balaban J connectivity index is 2.26. The second-order valence-electron chi connectivity index (χ2n) is 7.72. The van der Waals surface area contributed by atoms with Crippen LogP contribution in [0.4, 0.5) is 10.1 Å². The number of carbonyl (C=O) groups is 1. The molecule has 194 valence electrons. The minimum absolute atomic E-state index is 0.0734. The Hall–Kier alpha value is -3.91. The van der Waals surface area contributed by atoms with Gasteiger partial charge in [-0.2, -0.15) is 0 Å². The summed E-state index contributed by atoms with van der Waals surface area (Å²) in [5.74, 6) is -1.65. The number of amidine groups is 2. The molecule has 0 heterocycles. The number of aliphatic imine (C=N–C) groups is 2. The van der Waals surface area contributed by atoms with Crippen LogP contribution in [-0.2, 0) is 30.8 Å². The molecule has 0 saturated carbocycles. The molecule has 2 aromatic carbocycles. The maximum absolute atomic E-state index is 14.6. The third-order valence-corrected chi connectivity index (χ3v) is 5.64. The fourth-order valence-corrected chi connectivity index (χ4v) is 3.47. The van der Waals surface area contributed by atoms with Crippen molar-refractivity contribution in [1.82, 2.24) is 0 Å². The fourth-order valence-electron chi connectivity index (χ4n) is 2.94. The van der Waals surface area contributed by atoms with Crippen LogP contribution in [-0.4, -0.2) is 44.4 Å². The van der Waals surface area contributed by atoms with E-state index in [0.29, 0.717) is 0 Å². The molecule has 0 radical (unpaired) electrons. The van der Waals surface area contributed by atoms with Gasteiger partial charge in [-0.25, -0.2) is 27.9 Å². The number of ether oxygens (including phenoxy) is 1. The molecule has 36 heavy (non-hydrogen) atoms. The molecule has 0 aliphatic heterocycles. The first-order valence-corrected chi connectivity index (χ1v) is 12.1. The molecule has 0 fully saturated rings. The van der Waals surface area contributed by atoms with Crippen molar-refractivity contribution < 1.29 is 32.3 Å². The zero-order chi connectivity index (χ0) is 26.9. The number of primary sulfonamides is 1. The van der Waals surface area contributed by atoms with Crippen LogP contribution in [0.2, 0.25) is 0 Å². The second-order valence-corrected chi connectivity index (χ2v) is 9.28. The summed E-state index contributed by atoms with van der Waals surface area (Å²) in [6.07, 6.45) is 0.0902. The highest BCUT2D eigenvalue weighted by molar-refractivity contribution is 7.89. The average molecular weight is 524 g/mol. The Morgan fingerprint density at radius 3 is 2.56 bits per heavy atom. The van der Waals surface area contributed by atoms with Gasteiger partial charge in [-0.1, -0.05) is 23.8 Å². The van der Waals surface area contributed by atoms with Crippen LogP contribution in [0, 0.1) is 29.8 Å². The minimum atomic E-state index is -4.10. The number of carbonyl (C=O) groups excluding carboxylic acids is 1. The van der Waals surface area contributed by atoms with E-state index in [4.69, 9.17) is 15.6 Å². The van der Waals surface area contributed by atoms with Crippen LogP contribution in [0.5, 0.6) is 0 Å². The first kappa shape index (κ1) is 28.3. The predicted octanol–water partition coefficient (Wildman–Crippen LogP) is 2.25. The van der Waals surface area contributed by atoms with Gasteiger partial charge in [0.05, 0.1) is 11.5 Å². The number of halogens is 1. The second kappa shape index (κ2) is 12.7. The molecule has 14 heteroatoms. The van der Waals surface area contributed by atoms with Gasteiger partial charge in [0.2, 0.25) is 10.0 Å². The van der Waals surface area contributed by atoms with E-state index in [2.05, 4.69) is 14.8 Å². The molecule has 0 unspecified atom stereocenters. The first-order chi connectivity index (χ1) is 16.8. The van der Waals surface area contributed by atoms with Crippen molar-refractivity contribution in [3.63, 3.8) is 0 Å². The van der Waals surface area contributed by atoms with Crippen molar-refractivity contribution in [2.24, 2.45) is 20.9 Å². The van der Waals surface area contributed by atoms with E-state index < -0.39 is 38.4 Å². The third-order valence-electron chi connectivity index (χ3n) is 4.73. The SMILES string of the molecule is Cc1ccc(C)c(CC(N=C(N)COC(=O)CCCO[N+](=O)[O-])=Nc2ccc(S(N)(=O)=O)cc2F)c1. The van der Waals surface area contributed by atoms with Crippen molar-refractivity contribution in [2.45, 2.75) is 38.0 Å². The van der Waals surface area contributed by atoms with Crippen molar-refractivity contribution >= 4 is 33.4 Å². The van der Waals surface area contributed by atoms with Gasteiger partial charge in [-0.15, -0.1) is 10.1 Å². The van der Waals surface area contributed by atoms with Crippen LogP contribution >= 0.6 is 0 Å². The number of hydrogen-bond donors (Lipinski definition) is 2. The summed E-state index contributed by atoms with van der Waals surface area (Å²) >= 11 is 0. The van der Waals surface area contributed by atoms with Gasteiger partial charge in [-0.05, 0) is 49.6 Å². The summed E-state index contributed by atoms with van der Waals surface area (Å²) in [5.41, 5.74) is 8.45. The molecule has 0 bridgehead atoms. The molecule has 4 N–H and O–H groups in total. The van der Waals surface area contributed by atoms with E-state index in [1.165, 1.54) is 0 Å². The zero-order valence-electron chi connectivity index (χ0n) is 19.6. The summed E-state index contributed by atoms with van der Waals surface area (Å²) < 4.78 is 42.5. The van der Waals surface area contributed by atoms with Gasteiger partial charge < -0.3 is 15.3 Å².